The molecule has 0 saturated carbocycles. The van der Waals surface area contributed by atoms with E-state index in [1.807, 2.05) is 12.2 Å². The van der Waals surface area contributed by atoms with Gasteiger partial charge in [0.05, 0.1) is 4.92 Å². The quantitative estimate of drug-likeness (QED) is 0.204. The summed E-state index contributed by atoms with van der Waals surface area (Å²) in [5.41, 5.74) is 0.282. The Morgan fingerprint density at radius 1 is 0.957 bits per heavy atom. The van der Waals surface area contributed by atoms with Gasteiger partial charge in [0.25, 0.3) is 0 Å². The van der Waals surface area contributed by atoms with Gasteiger partial charge in [0.1, 0.15) is 0 Å². The molecule has 1 N–H and O–H groups in total. The molecule has 0 spiro atoms. The third-order valence-corrected chi connectivity index (χ3v) is 3.39. The van der Waals surface area contributed by atoms with Gasteiger partial charge in [-0.15, -0.1) is 0 Å². The summed E-state index contributed by atoms with van der Waals surface area (Å²) < 4.78 is 0. The average molecular weight is 323 g/mol. The first-order chi connectivity index (χ1) is 11.1. The summed E-state index contributed by atoms with van der Waals surface area (Å²) in [4.78, 5) is 21.0. The molecule has 23 heavy (non-hydrogen) atoms. The van der Waals surface area contributed by atoms with Crippen molar-refractivity contribution in [1.82, 2.24) is 0 Å². The average Bonchev–Trinajstić information content (AvgIpc) is 2.50. The molecule has 0 atom stereocenters. The molecule has 0 unspecified atom stereocenters. The van der Waals surface area contributed by atoms with Crippen LogP contribution >= 0.6 is 0 Å². The zero-order chi connectivity index (χ0) is 17.3. The Morgan fingerprint density at radius 3 is 2.13 bits per heavy atom. The molecule has 130 valence electrons. The maximum absolute atomic E-state index is 11.0. The molecule has 0 radical (unpaired) electrons. The van der Waals surface area contributed by atoms with Crippen LogP contribution in [0.1, 0.15) is 71.1 Å². The Hall–Kier alpha value is -1.91. The highest BCUT2D eigenvalue weighted by Gasteiger charge is 2.08. The van der Waals surface area contributed by atoms with Gasteiger partial charge in [-0.3, -0.25) is 14.9 Å². The van der Waals surface area contributed by atoms with Gasteiger partial charge in [0.15, 0.2) is 0 Å². The van der Waals surface area contributed by atoms with Crippen molar-refractivity contribution in [3.63, 3.8) is 0 Å². The van der Waals surface area contributed by atoms with Gasteiger partial charge < -0.3 is 5.11 Å². The topological polar surface area (TPSA) is 80.4 Å². The van der Waals surface area contributed by atoms with E-state index in [1.54, 1.807) is 6.08 Å². The minimum Gasteiger partial charge on any atom is -0.481 e. The van der Waals surface area contributed by atoms with E-state index < -0.39 is 5.97 Å². The highest BCUT2D eigenvalue weighted by Crippen LogP contribution is 2.13. The summed E-state index contributed by atoms with van der Waals surface area (Å²) >= 11 is 0. The van der Waals surface area contributed by atoms with E-state index in [0.29, 0.717) is 19.3 Å². The van der Waals surface area contributed by atoms with Crippen molar-refractivity contribution in [2.45, 2.75) is 71.1 Å². The predicted octanol–water partition coefficient (Wildman–Crippen LogP) is 5.26. The highest BCUT2D eigenvalue weighted by molar-refractivity contribution is 5.66. The lowest BCUT2D eigenvalue weighted by molar-refractivity contribution is -0.428. The monoisotopic (exact) mass is 323 g/mol. The molecule has 0 aromatic carbocycles. The fourth-order valence-electron chi connectivity index (χ4n) is 2.12. The first-order valence-corrected chi connectivity index (χ1v) is 8.43. The van der Waals surface area contributed by atoms with E-state index in [-0.39, 0.29) is 17.0 Å². The number of aliphatic carboxylic acids is 1. The van der Waals surface area contributed by atoms with Crippen molar-refractivity contribution in [3.05, 3.63) is 46.2 Å². The first-order valence-electron chi connectivity index (χ1n) is 8.43. The van der Waals surface area contributed by atoms with Crippen LogP contribution in [0, 0.1) is 10.1 Å². The second-order valence-corrected chi connectivity index (χ2v) is 5.44. The van der Waals surface area contributed by atoms with Crippen molar-refractivity contribution < 1.29 is 14.8 Å². The standard InChI is InChI=1S/C18H29NO4/c1-2-3-4-5-6-8-11-14-17(19(22)23)15-12-9-7-10-13-16-18(20)21/h3-4,6,8,14H,2,5,7,9-13,15-16H2,1H3,(H,20,21)/b4-3-,8-6-,17-14+. The predicted molar refractivity (Wildman–Crippen MR) is 92.8 cm³/mol. The van der Waals surface area contributed by atoms with Crippen LogP contribution in [0.2, 0.25) is 0 Å². The van der Waals surface area contributed by atoms with E-state index in [4.69, 9.17) is 5.11 Å². The van der Waals surface area contributed by atoms with Crippen molar-refractivity contribution >= 4 is 5.97 Å². The number of nitrogens with zero attached hydrogens (tertiary/aromatic N) is 1. The lowest BCUT2D eigenvalue weighted by atomic mass is 10.1. The molecule has 0 aliphatic carbocycles. The molecular weight excluding hydrogens is 294 g/mol. The van der Waals surface area contributed by atoms with E-state index in [0.717, 1.165) is 38.5 Å². The van der Waals surface area contributed by atoms with Gasteiger partial charge in [-0.05, 0) is 38.2 Å². The lowest BCUT2D eigenvalue weighted by Crippen LogP contribution is -1.99. The molecule has 0 aliphatic heterocycles. The molecule has 0 rings (SSSR count). The minimum absolute atomic E-state index is 0.208. The molecule has 0 aromatic rings. The zero-order valence-electron chi connectivity index (χ0n) is 14.1. The molecule has 0 aromatic heterocycles. The van der Waals surface area contributed by atoms with E-state index in [9.17, 15) is 14.9 Å². The molecule has 0 fully saturated rings. The van der Waals surface area contributed by atoms with Crippen LogP contribution in [0.4, 0.5) is 0 Å². The number of carboxylic acids is 1. The van der Waals surface area contributed by atoms with Gasteiger partial charge in [-0.1, -0.05) is 50.5 Å². The molecule has 0 amide bonds. The van der Waals surface area contributed by atoms with Crippen molar-refractivity contribution in [3.8, 4) is 0 Å². The molecule has 0 aliphatic rings. The van der Waals surface area contributed by atoms with Crippen LogP contribution in [0.15, 0.2) is 36.1 Å². The Labute approximate surface area is 138 Å². The Bertz CT molecular complexity index is 425. The zero-order valence-corrected chi connectivity index (χ0v) is 14.1. The third-order valence-electron chi connectivity index (χ3n) is 3.39. The molecule has 0 saturated heterocycles. The molecule has 0 heterocycles. The van der Waals surface area contributed by atoms with E-state index >= 15 is 0 Å². The van der Waals surface area contributed by atoms with Crippen LogP contribution in [0.5, 0.6) is 0 Å². The van der Waals surface area contributed by atoms with Crippen LogP contribution < -0.4 is 0 Å². The molecule has 5 nitrogen and oxygen atoms in total. The Morgan fingerprint density at radius 2 is 1.52 bits per heavy atom. The number of rotatable bonds is 14. The number of nitro groups is 1. The van der Waals surface area contributed by atoms with Gasteiger partial charge in [0.2, 0.25) is 5.70 Å². The van der Waals surface area contributed by atoms with Gasteiger partial charge in [-0.25, -0.2) is 0 Å². The summed E-state index contributed by atoms with van der Waals surface area (Å²) in [7, 11) is 0. The Balaban J connectivity index is 3.89. The number of carbonyl (C=O) groups is 1. The van der Waals surface area contributed by atoms with Crippen LogP contribution in [0.25, 0.3) is 0 Å². The number of unbranched alkanes of at least 4 members (excludes halogenated alkanes) is 4. The normalized spacial score (nSPS) is 12.3. The van der Waals surface area contributed by atoms with E-state index in [1.165, 1.54) is 0 Å². The van der Waals surface area contributed by atoms with Gasteiger partial charge >= 0.3 is 5.97 Å². The Kier molecular flexibility index (Phi) is 13.8. The molecular formula is C18H29NO4. The fraction of sp³-hybridized carbons (Fsp3) is 0.611. The van der Waals surface area contributed by atoms with Gasteiger partial charge in [-0.2, -0.15) is 0 Å². The SMILES string of the molecule is CC/C=C\C/C=C\C/C=C(\CCCCCCCC(=O)O)[N+](=O)[O-]. The third kappa shape index (κ3) is 14.8. The van der Waals surface area contributed by atoms with Crippen molar-refractivity contribution in [1.29, 1.82) is 0 Å². The summed E-state index contributed by atoms with van der Waals surface area (Å²) in [6.07, 6.45) is 17.2. The minimum atomic E-state index is -0.762. The number of hydrogen-bond acceptors (Lipinski definition) is 3. The second-order valence-electron chi connectivity index (χ2n) is 5.44. The largest absolute Gasteiger partial charge is 0.481 e. The molecule has 5 heteroatoms. The van der Waals surface area contributed by atoms with Crippen LogP contribution in [-0.2, 0) is 4.79 Å². The van der Waals surface area contributed by atoms with Crippen molar-refractivity contribution in [2.75, 3.05) is 0 Å². The van der Waals surface area contributed by atoms with Gasteiger partial charge in [0, 0.05) is 12.8 Å². The molecule has 0 bridgehead atoms. The first kappa shape index (κ1) is 21.1. The maximum atomic E-state index is 11.0. The summed E-state index contributed by atoms with van der Waals surface area (Å²) in [5, 5.41) is 19.5. The highest BCUT2D eigenvalue weighted by atomic mass is 16.6. The second kappa shape index (κ2) is 15.0. The summed E-state index contributed by atoms with van der Waals surface area (Å²) in [5.74, 6) is -0.762. The number of hydrogen-bond donors (Lipinski definition) is 1. The lowest BCUT2D eigenvalue weighted by Gasteiger charge is -2.00. The number of allylic oxidation sites excluding steroid dienone is 6. The van der Waals surface area contributed by atoms with Crippen molar-refractivity contribution in [2.24, 2.45) is 0 Å². The van der Waals surface area contributed by atoms with E-state index in [2.05, 4.69) is 19.1 Å². The summed E-state index contributed by atoms with van der Waals surface area (Å²) in [6.45, 7) is 2.08. The number of carboxylic acid groups (broad SMARTS) is 1. The summed E-state index contributed by atoms with van der Waals surface area (Å²) in [6, 6.07) is 0. The van der Waals surface area contributed by atoms with Crippen LogP contribution in [-0.4, -0.2) is 16.0 Å². The fourth-order valence-corrected chi connectivity index (χ4v) is 2.12. The smallest absolute Gasteiger partial charge is 0.303 e. The van der Waals surface area contributed by atoms with Crippen LogP contribution in [0.3, 0.4) is 0 Å². The maximum Gasteiger partial charge on any atom is 0.303 e.